The van der Waals surface area contributed by atoms with Crippen molar-refractivity contribution in [2.24, 2.45) is 0 Å². The number of likely N-dealkylation sites (N-methyl/N-ethyl adjacent to an activating group) is 1. The van der Waals surface area contributed by atoms with E-state index in [-0.39, 0.29) is 11.3 Å². The van der Waals surface area contributed by atoms with E-state index >= 15 is 0 Å². The zero-order valence-corrected chi connectivity index (χ0v) is 19.8. The van der Waals surface area contributed by atoms with Crippen molar-refractivity contribution in [3.8, 4) is 11.1 Å². The van der Waals surface area contributed by atoms with Gasteiger partial charge in [0.15, 0.2) is 5.78 Å². The third-order valence-corrected chi connectivity index (χ3v) is 6.36. The zero-order chi connectivity index (χ0) is 24.5. The molecule has 2 heterocycles. The number of carbonyl (C=O) groups is 2. The van der Waals surface area contributed by atoms with E-state index in [1.165, 1.54) is 4.57 Å². The third kappa shape index (κ3) is 6.33. The number of aldehydes is 1. The number of nitrogen functional groups attached to an aromatic ring is 1. The monoisotopic (exact) mass is 480 g/mol. The van der Waals surface area contributed by atoms with Gasteiger partial charge in [0.1, 0.15) is 6.29 Å². The van der Waals surface area contributed by atoms with Gasteiger partial charge in [0.05, 0.1) is 6.54 Å². The normalized spacial score (nSPS) is 12.3. The summed E-state index contributed by atoms with van der Waals surface area (Å²) in [6.45, 7) is 0.712. The number of anilines is 1. The van der Waals surface area contributed by atoms with Crippen molar-refractivity contribution in [3.63, 3.8) is 0 Å². The predicted octanol–water partition coefficient (Wildman–Crippen LogP) is 2.25. The van der Waals surface area contributed by atoms with Crippen LogP contribution >= 0.6 is 11.8 Å². The SMILES string of the molecule is CNCC(=O)c1ccc(-c2cccc(N)c2)cc1.O=CCCn1c2c(c(=O)[nH]c1=O)CSCC2. The number of nitrogens with two attached hydrogens (primary N) is 1. The van der Waals surface area contributed by atoms with Gasteiger partial charge in [-0.3, -0.25) is 19.1 Å². The van der Waals surface area contributed by atoms with Crippen LogP contribution in [-0.2, 0) is 23.5 Å². The first-order valence-electron chi connectivity index (χ1n) is 10.9. The molecule has 1 aliphatic rings. The van der Waals surface area contributed by atoms with Gasteiger partial charge in [-0.2, -0.15) is 11.8 Å². The topological polar surface area (TPSA) is 127 Å². The zero-order valence-electron chi connectivity index (χ0n) is 19.0. The number of nitrogens with one attached hydrogen (secondary N) is 2. The van der Waals surface area contributed by atoms with E-state index < -0.39 is 5.69 Å². The number of ketones is 1. The number of H-pyrrole nitrogens is 1. The molecule has 0 amide bonds. The quantitative estimate of drug-likeness (QED) is 0.269. The minimum Gasteiger partial charge on any atom is -0.399 e. The first-order chi connectivity index (χ1) is 16.4. The second-order valence-corrected chi connectivity index (χ2v) is 8.86. The smallest absolute Gasteiger partial charge is 0.328 e. The maximum absolute atomic E-state index is 11.7. The van der Waals surface area contributed by atoms with Crippen LogP contribution in [0.4, 0.5) is 5.69 Å². The largest absolute Gasteiger partial charge is 0.399 e. The Bertz CT molecular complexity index is 1270. The molecule has 0 saturated heterocycles. The van der Waals surface area contributed by atoms with Gasteiger partial charge >= 0.3 is 5.69 Å². The molecule has 0 radical (unpaired) electrons. The average Bonchev–Trinajstić information content (AvgIpc) is 2.85. The highest BCUT2D eigenvalue weighted by atomic mass is 32.2. The molecule has 8 nitrogen and oxygen atoms in total. The summed E-state index contributed by atoms with van der Waals surface area (Å²) in [6, 6.07) is 15.3. The van der Waals surface area contributed by atoms with Crippen molar-refractivity contribution >= 4 is 29.5 Å². The van der Waals surface area contributed by atoms with Gasteiger partial charge in [0.25, 0.3) is 5.56 Å². The number of hydrogen-bond donors (Lipinski definition) is 3. The molecule has 3 aromatic rings. The number of nitrogens with zero attached hydrogens (tertiary/aromatic N) is 1. The Labute approximate surface area is 201 Å². The summed E-state index contributed by atoms with van der Waals surface area (Å²) in [4.78, 5) is 47.5. The Morgan fingerprint density at radius 2 is 1.94 bits per heavy atom. The van der Waals surface area contributed by atoms with E-state index in [4.69, 9.17) is 5.73 Å². The predicted molar refractivity (Wildman–Crippen MR) is 136 cm³/mol. The van der Waals surface area contributed by atoms with Gasteiger partial charge in [-0.25, -0.2) is 4.79 Å². The fourth-order valence-electron chi connectivity index (χ4n) is 3.68. The fraction of sp³-hybridized carbons (Fsp3) is 0.280. The Balaban J connectivity index is 0.000000192. The Morgan fingerprint density at radius 1 is 1.18 bits per heavy atom. The van der Waals surface area contributed by atoms with Crippen LogP contribution in [0.15, 0.2) is 58.1 Å². The summed E-state index contributed by atoms with van der Waals surface area (Å²) in [5.74, 6) is 1.65. The molecule has 0 unspecified atom stereocenters. The molecule has 1 aromatic heterocycles. The molecule has 0 atom stereocenters. The summed E-state index contributed by atoms with van der Waals surface area (Å²) in [7, 11) is 1.76. The number of fused-ring (bicyclic) bond motifs is 1. The van der Waals surface area contributed by atoms with E-state index in [2.05, 4.69) is 10.3 Å². The Kier molecular flexibility index (Phi) is 9.00. The molecule has 9 heteroatoms. The van der Waals surface area contributed by atoms with Crippen molar-refractivity contribution in [1.29, 1.82) is 0 Å². The number of carbonyl (C=O) groups excluding carboxylic acids is 2. The maximum Gasteiger partial charge on any atom is 0.328 e. The number of benzene rings is 2. The highest BCUT2D eigenvalue weighted by molar-refractivity contribution is 7.98. The molecular formula is C25H28N4O4S. The summed E-state index contributed by atoms with van der Waals surface area (Å²) in [6.07, 6.45) is 1.80. The number of aromatic amines is 1. The van der Waals surface area contributed by atoms with Gasteiger partial charge in [-0.1, -0.05) is 36.4 Å². The van der Waals surface area contributed by atoms with Crippen molar-refractivity contribution in [3.05, 3.63) is 86.2 Å². The van der Waals surface area contributed by atoms with Crippen LogP contribution < -0.4 is 22.3 Å². The summed E-state index contributed by atoms with van der Waals surface area (Å²) in [5, 5.41) is 2.85. The van der Waals surface area contributed by atoms with Gasteiger partial charge in [0.2, 0.25) is 0 Å². The molecule has 0 saturated carbocycles. The van der Waals surface area contributed by atoms with E-state index in [0.29, 0.717) is 30.8 Å². The fourth-order valence-corrected chi connectivity index (χ4v) is 4.67. The van der Waals surface area contributed by atoms with E-state index in [0.717, 1.165) is 46.5 Å². The van der Waals surface area contributed by atoms with Crippen LogP contribution in [0.25, 0.3) is 11.1 Å². The van der Waals surface area contributed by atoms with Gasteiger partial charge in [-0.05, 0) is 42.5 Å². The average molecular weight is 481 g/mol. The summed E-state index contributed by atoms with van der Waals surface area (Å²) >= 11 is 1.69. The Morgan fingerprint density at radius 3 is 2.62 bits per heavy atom. The number of rotatable bonds is 7. The van der Waals surface area contributed by atoms with Crippen LogP contribution in [0, 0.1) is 0 Å². The summed E-state index contributed by atoms with van der Waals surface area (Å²) < 4.78 is 1.52. The van der Waals surface area contributed by atoms with Crippen molar-refractivity contribution in [2.45, 2.75) is 25.1 Å². The van der Waals surface area contributed by atoms with Crippen molar-refractivity contribution in [1.82, 2.24) is 14.9 Å². The molecule has 178 valence electrons. The second-order valence-electron chi connectivity index (χ2n) is 7.75. The first kappa shape index (κ1) is 25.2. The molecule has 34 heavy (non-hydrogen) atoms. The summed E-state index contributed by atoms with van der Waals surface area (Å²) in [5.41, 5.74) is 10.1. The molecule has 0 aliphatic carbocycles. The molecule has 1 aliphatic heterocycles. The second kappa shape index (κ2) is 12.2. The number of hydrogen-bond acceptors (Lipinski definition) is 7. The third-order valence-electron chi connectivity index (χ3n) is 5.38. The van der Waals surface area contributed by atoms with Crippen LogP contribution in [0.2, 0.25) is 0 Å². The Hall–Kier alpha value is -3.43. The van der Waals surface area contributed by atoms with Gasteiger partial charge in [-0.15, -0.1) is 0 Å². The number of thioether (sulfide) groups is 1. The molecule has 0 spiro atoms. The van der Waals surface area contributed by atoms with Crippen LogP contribution in [0.1, 0.15) is 28.0 Å². The molecule has 4 rings (SSSR count). The van der Waals surface area contributed by atoms with Crippen molar-refractivity contribution in [2.75, 3.05) is 25.1 Å². The molecule has 0 fully saturated rings. The van der Waals surface area contributed by atoms with Crippen LogP contribution in [0.5, 0.6) is 0 Å². The number of Topliss-reactive ketones (excluding diaryl/α,β-unsaturated/α-hetero) is 1. The van der Waals surface area contributed by atoms with E-state index in [9.17, 15) is 19.2 Å². The van der Waals surface area contributed by atoms with E-state index in [1.807, 2.05) is 48.5 Å². The highest BCUT2D eigenvalue weighted by Crippen LogP contribution is 2.22. The van der Waals surface area contributed by atoms with Crippen molar-refractivity contribution < 1.29 is 9.59 Å². The lowest BCUT2D eigenvalue weighted by atomic mass is 10.0. The van der Waals surface area contributed by atoms with Gasteiger partial charge in [0, 0.05) is 41.2 Å². The lowest BCUT2D eigenvalue weighted by Crippen LogP contribution is -2.36. The number of aromatic nitrogens is 2. The van der Waals surface area contributed by atoms with Crippen LogP contribution in [0.3, 0.4) is 0 Å². The minimum atomic E-state index is -0.405. The highest BCUT2D eigenvalue weighted by Gasteiger charge is 2.18. The van der Waals surface area contributed by atoms with E-state index in [1.54, 1.807) is 18.8 Å². The standard InChI is InChI=1S/C15H16N2O.C10H12N2O3S/c1-17-10-15(18)12-7-5-11(6-8-12)13-3-2-4-14(16)9-13;13-4-1-3-12-8-2-5-16-6-7(8)9(14)11-10(12)15/h2-9,17H,10,16H2,1H3;4H,1-3,5-6H2,(H,11,14,15). The van der Waals surface area contributed by atoms with Crippen LogP contribution in [-0.4, -0.2) is 41.0 Å². The lowest BCUT2D eigenvalue weighted by Gasteiger charge is -2.18. The maximum atomic E-state index is 11.7. The molecule has 0 bridgehead atoms. The molecule has 4 N–H and O–H groups in total. The lowest BCUT2D eigenvalue weighted by molar-refractivity contribution is -0.108. The minimum absolute atomic E-state index is 0.0941. The molecule has 2 aromatic carbocycles. The molecular weight excluding hydrogens is 452 g/mol. The first-order valence-corrected chi connectivity index (χ1v) is 12.1. The van der Waals surface area contributed by atoms with Gasteiger partial charge < -0.3 is 15.8 Å².